The molecule has 0 aliphatic heterocycles. The molecule has 0 bridgehead atoms. The monoisotopic (exact) mass is 399 g/mol. The second kappa shape index (κ2) is 7.98. The summed E-state index contributed by atoms with van der Waals surface area (Å²) in [6, 6.07) is 4.46. The van der Waals surface area contributed by atoms with Crippen molar-refractivity contribution in [2.24, 2.45) is 5.92 Å². The molecule has 9 heteroatoms. The normalized spacial score (nSPS) is 21.6. The number of halogens is 3. The van der Waals surface area contributed by atoms with E-state index in [0.717, 1.165) is 4.57 Å². The predicted molar refractivity (Wildman–Crippen MR) is 98.2 cm³/mol. The summed E-state index contributed by atoms with van der Waals surface area (Å²) >= 11 is 0. The molecule has 0 spiro atoms. The van der Waals surface area contributed by atoms with Crippen LogP contribution in [0.4, 0.5) is 18.9 Å². The van der Waals surface area contributed by atoms with E-state index in [1.807, 2.05) is 0 Å². The number of fused-ring (bicyclic) bond motifs is 1. The molecule has 28 heavy (non-hydrogen) atoms. The van der Waals surface area contributed by atoms with Crippen LogP contribution in [0.15, 0.2) is 18.2 Å². The summed E-state index contributed by atoms with van der Waals surface area (Å²) in [6.45, 7) is 1.41. The Bertz CT molecular complexity index is 842. The molecule has 0 amide bonds. The molecule has 1 unspecified atom stereocenters. The third kappa shape index (κ3) is 4.24. The number of hydrogen-bond acceptors (Lipinski definition) is 4. The van der Waals surface area contributed by atoms with Crippen molar-refractivity contribution in [1.82, 2.24) is 9.55 Å². The molecule has 1 aromatic carbocycles. The maximum atomic E-state index is 13.5. The molecule has 2 aromatic rings. The number of nitrogens with one attached hydrogen (secondary N) is 1. The van der Waals surface area contributed by atoms with Gasteiger partial charge in [0.2, 0.25) is 5.82 Å². The Morgan fingerprint density at radius 1 is 1.32 bits per heavy atom. The number of hydrogen-bond donors (Lipinski definition) is 3. The molecular weight excluding hydrogens is 375 g/mol. The van der Waals surface area contributed by atoms with Crippen LogP contribution in [-0.4, -0.2) is 38.4 Å². The Morgan fingerprint density at radius 3 is 2.57 bits per heavy atom. The third-order valence-corrected chi connectivity index (χ3v) is 5.38. The minimum Gasteiger partial charge on any atom is -0.481 e. The third-order valence-electron chi connectivity index (χ3n) is 5.38. The molecule has 0 radical (unpaired) electrons. The number of aliphatic hydroxyl groups is 1. The number of nitrogens with zero attached hydrogens (tertiary/aromatic N) is 2. The molecule has 1 fully saturated rings. The Hall–Kier alpha value is -2.29. The van der Waals surface area contributed by atoms with E-state index in [9.17, 15) is 18.0 Å². The molecule has 1 aliphatic rings. The van der Waals surface area contributed by atoms with Crippen LogP contribution in [0.2, 0.25) is 0 Å². The van der Waals surface area contributed by atoms with Gasteiger partial charge in [-0.25, -0.2) is 4.98 Å². The summed E-state index contributed by atoms with van der Waals surface area (Å²) in [4.78, 5) is 14.9. The first-order valence-corrected chi connectivity index (χ1v) is 9.40. The van der Waals surface area contributed by atoms with E-state index in [1.165, 1.54) is 0 Å². The fourth-order valence-corrected chi connectivity index (χ4v) is 3.87. The van der Waals surface area contributed by atoms with Gasteiger partial charge >= 0.3 is 12.1 Å². The van der Waals surface area contributed by atoms with Gasteiger partial charge in [0.25, 0.3) is 0 Å². The van der Waals surface area contributed by atoms with E-state index in [-0.39, 0.29) is 30.5 Å². The molecule has 6 nitrogen and oxygen atoms in total. The van der Waals surface area contributed by atoms with Crippen molar-refractivity contribution in [3.05, 3.63) is 24.0 Å². The predicted octanol–water partition coefficient (Wildman–Crippen LogP) is 4.05. The number of anilines is 1. The van der Waals surface area contributed by atoms with Gasteiger partial charge in [-0.1, -0.05) is 0 Å². The van der Waals surface area contributed by atoms with Crippen molar-refractivity contribution >= 4 is 22.7 Å². The van der Waals surface area contributed by atoms with E-state index in [1.54, 1.807) is 25.1 Å². The second-order valence-electron chi connectivity index (χ2n) is 7.40. The molecule has 1 heterocycles. The molecule has 1 aliphatic carbocycles. The van der Waals surface area contributed by atoms with Crippen LogP contribution >= 0.6 is 0 Å². The van der Waals surface area contributed by atoms with Gasteiger partial charge in [0, 0.05) is 24.4 Å². The van der Waals surface area contributed by atoms with Gasteiger partial charge in [0.1, 0.15) is 0 Å². The topological polar surface area (TPSA) is 87.4 Å². The van der Waals surface area contributed by atoms with Crippen molar-refractivity contribution in [2.45, 2.75) is 57.3 Å². The van der Waals surface area contributed by atoms with E-state index in [0.29, 0.717) is 36.9 Å². The van der Waals surface area contributed by atoms with Crippen molar-refractivity contribution in [3.63, 3.8) is 0 Å². The standard InChI is InChI=1S/C19H24F3N3O3/c1-11(8-9-26)25-16-7-6-14(10-15(16)24-18(25)19(20,21)22)23-13-4-2-12(3-5-13)17(27)28/h6-7,10-13,23,26H,2-5,8-9H2,1H3,(H,27,28). The fraction of sp³-hybridized carbons (Fsp3) is 0.579. The van der Waals surface area contributed by atoms with Crippen LogP contribution in [0.3, 0.4) is 0 Å². The first kappa shape index (κ1) is 20.4. The number of imidazole rings is 1. The lowest BCUT2D eigenvalue weighted by Crippen LogP contribution is -2.29. The van der Waals surface area contributed by atoms with Crippen LogP contribution < -0.4 is 5.32 Å². The van der Waals surface area contributed by atoms with Gasteiger partial charge in [-0.2, -0.15) is 13.2 Å². The Labute approximate surface area is 160 Å². The Kier molecular flexibility index (Phi) is 5.83. The summed E-state index contributed by atoms with van der Waals surface area (Å²) in [5.74, 6) is -2.07. The second-order valence-corrected chi connectivity index (χ2v) is 7.40. The highest BCUT2D eigenvalue weighted by molar-refractivity contribution is 5.80. The molecule has 3 rings (SSSR count). The van der Waals surface area contributed by atoms with Crippen LogP contribution in [-0.2, 0) is 11.0 Å². The largest absolute Gasteiger partial charge is 0.481 e. The number of rotatable bonds is 6. The summed E-state index contributed by atoms with van der Waals surface area (Å²) < 4.78 is 41.5. The van der Waals surface area contributed by atoms with E-state index in [4.69, 9.17) is 10.2 Å². The number of carboxylic acid groups (broad SMARTS) is 1. The highest BCUT2D eigenvalue weighted by Gasteiger charge is 2.38. The lowest BCUT2D eigenvalue weighted by atomic mass is 9.86. The van der Waals surface area contributed by atoms with Crippen LogP contribution in [0.25, 0.3) is 11.0 Å². The van der Waals surface area contributed by atoms with Gasteiger partial charge < -0.3 is 20.1 Å². The Balaban J connectivity index is 1.85. The zero-order valence-electron chi connectivity index (χ0n) is 15.5. The van der Waals surface area contributed by atoms with Gasteiger partial charge in [-0.15, -0.1) is 0 Å². The van der Waals surface area contributed by atoms with E-state index >= 15 is 0 Å². The number of benzene rings is 1. The average molecular weight is 399 g/mol. The molecular formula is C19H24F3N3O3. The maximum Gasteiger partial charge on any atom is 0.449 e. The van der Waals surface area contributed by atoms with Gasteiger partial charge in [0.15, 0.2) is 0 Å². The SMILES string of the molecule is CC(CCO)n1c(C(F)(F)F)nc2cc(NC3CCC(C(=O)O)CC3)ccc21. The number of carbonyl (C=O) groups is 1. The maximum absolute atomic E-state index is 13.5. The van der Waals surface area contributed by atoms with Crippen LogP contribution in [0, 0.1) is 5.92 Å². The highest BCUT2D eigenvalue weighted by atomic mass is 19.4. The van der Waals surface area contributed by atoms with Crippen molar-refractivity contribution in [3.8, 4) is 0 Å². The van der Waals surface area contributed by atoms with Crippen molar-refractivity contribution in [1.29, 1.82) is 0 Å². The summed E-state index contributed by atoms with van der Waals surface area (Å²) in [6.07, 6.45) is -1.83. The van der Waals surface area contributed by atoms with E-state index < -0.39 is 24.0 Å². The summed E-state index contributed by atoms with van der Waals surface area (Å²) in [7, 11) is 0. The molecule has 0 saturated heterocycles. The zero-order valence-corrected chi connectivity index (χ0v) is 15.5. The Morgan fingerprint density at radius 2 is 2.00 bits per heavy atom. The quantitative estimate of drug-likeness (QED) is 0.682. The number of aromatic nitrogens is 2. The van der Waals surface area contributed by atoms with Gasteiger partial charge in [-0.05, 0) is 57.2 Å². The smallest absolute Gasteiger partial charge is 0.449 e. The molecule has 3 N–H and O–H groups in total. The number of carboxylic acids is 1. The summed E-state index contributed by atoms with van der Waals surface area (Å²) in [5.41, 5.74) is 1.27. The van der Waals surface area contributed by atoms with Crippen LogP contribution in [0.1, 0.15) is 50.9 Å². The van der Waals surface area contributed by atoms with Gasteiger partial charge in [-0.3, -0.25) is 4.79 Å². The van der Waals surface area contributed by atoms with Crippen LogP contribution in [0.5, 0.6) is 0 Å². The first-order valence-electron chi connectivity index (χ1n) is 9.40. The van der Waals surface area contributed by atoms with Gasteiger partial charge in [0.05, 0.1) is 17.0 Å². The molecule has 154 valence electrons. The lowest BCUT2D eigenvalue weighted by Gasteiger charge is -2.27. The fourth-order valence-electron chi connectivity index (χ4n) is 3.87. The minimum atomic E-state index is -4.59. The number of aliphatic carboxylic acids is 1. The lowest BCUT2D eigenvalue weighted by molar-refractivity contribution is -0.147. The number of alkyl halides is 3. The molecule has 1 aromatic heterocycles. The number of aliphatic hydroxyl groups excluding tert-OH is 1. The van der Waals surface area contributed by atoms with Crippen molar-refractivity contribution in [2.75, 3.05) is 11.9 Å². The van der Waals surface area contributed by atoms with E-state index in [2.05, 4.69) is 10.3 Å². The molecule has 1 atom stereocenters. The average Bonchev–Trinajstić information content (AvgIpc) is 3.01. The minimum absolute atomic E-state index is 0.0885. The highest BCUT2D eigenvalue weighted by Crippen LogP contribution is 2.35. The molecule has 1 saturated carbocycles. The first-order chi connectivity index (χ1) is 13.2. The summed E-state index contributed by atoms with van der Waals surface area (Å²) in [5, 5.41) is 21.5. The van der Waals surface area contributed by atoms with Crippen molar-refractivity contribution < 1.29 is 28.2 Å². The zero-order chi connectivity index (χ0) is 20.5.